The van der Waals surface area contributed by atoms with Crippen LogP contribution in [0.3, 0.4) is 0 Å². The Bertz CT molecular complexity index is 2810. The Kier molecular flexibility index (Phi) is 5.84. The maximum absolute atomic E-state index is 5.16. The Hall–Kier alpha value is -6.52. The van der Waals surface area contributed by atoms with E-state index in [0.29, 0.717) is 0 Å². The monoisotopic (exact) mass is 612 g/mol. The minimum absolute atomic E-state index is 0.719. The van der Waals surface area contributed by atoms with Crippen LogP contribution in [0, 0.1) is 0 Å². The smallest absolute Gasteiger partial charge is 0.160 e. The van der Waals surface area contributed by atoms with Crippen molar-refractivity contribution in [3.63, 3.8) is 0 Å². The second-order valence-electron chi connectivity index (χ2n) is 12.3. The SMILES string of the molecule is c1ccc(-c2nc(-c3ccccc3)c3ccc(-n4c5ccccc5c5cc6c(cc54)c4ccccc4n6-c4ccccc4)cc3n2)cc1. The molecule has 4 heteroatoms. The molecular weight excluding hydrogens is 585 g/mol. The van der Waals surface area contributed by atoms with Crippen LogP contribution in [0.2, 0.25) is 0 Å². The highest BCUT2D eigenvalue weighted by Crippen LogP contribution is 2.40. The van der Waals surface area contributed by atoms with Gasteiger partial charge in [0.05, 0.1) is 33.3 Å². The van der Waals surface area contributed by atoms with Gasteiger partial charge in [0.25, 0.3) is 0 Å². The number of fused-ring (bicyclic) bond motifs is 7. The molecule has 0 bridgehead atoms. The second-order valence-corrected chi connectivity index (χ2v) is 12.3. The van der Waals surface area contributed by atoms with Crippen LogP contribution in [0.5, 0.6) is 0 Å². The molecule has 3 heterocycles. The number of rotatable bonds is 4. The third-order valence-corrected chi connectivity index (χ3v) is 9.50. The van der Waals surface area contributed by atoms with Crippen LogP contribution in [0.15, 0.2) is 170 Å². The Balaban J connectivity index is 1.28. The minimum atomic E-state index is 0.719. The van der Waals surface area contributed by atoms with Crippen molar-refractivity contribution >= 4 is 54.5 Å². The summed E-state index contributed by atoms with van der Waals surface area (Å²) >= 11 is 0. The van der Waals surface area contributed by atoms with Crippen LogP contribution < -0.4 is 0 Å². The number of para-hydroxylation sites is 3. The molecule has 0 radical (unpaired) electrons. The minimum Gasteiger partial charge on any atom is -0.309 e. The second kappa shape index (κ2) is 10.5. The zero-order chi connectivity index (χ0) is 31.6. The van der Waals surface area contributed by atoms with E-state index in [1.165, 1.54) is 38.1 Å². The van der Waals surface area contributed by atoms with Crippen LogP contribution in [-0.2, 0) is 0 Å². The van der Waals surface area contributed by atoms with Gasteiger partial charge in [-0.15, -0.1) is 0 Å². The zero-order valence-electron chi connectivity index (χ0n) is 26.0. The van der Waals surface area contributed by atoms with Crippen molar-refractivity contribution in [3.05, 3.63) is 170 Å². The van der Waals surface area contributed by atoms with Gasteiger partial charge in [-0.1, -0.05) is 115 Å². The molecular formula is C44H28N4. The van der Waals surface area contributed by atoms with E-state index >= 15 is 0 Å². The molecule has 4 nitrogen and oxygen atoms in total. The van der Waals surface area contributed by atoms with Gasteiger partial charge >= 0.3 is 0 Å². The average Bonchev–Trinajstić information content (AvgIpc) is 3.66. The first-order valence-corrected chi connectivity index (χ1v) is 16.3. The molecule has 7 aromatic carbocycles. The lowest BCUT2D eigenvalue weighted by Crippen LogP contribution is -1.98. The Morgan fingerprint density at radius 2 is 0.854 bits per heavy atom. The van der Waals surface area contributed by atoms with E-state index in [0.717, 1.165) is 50.4 Å². The van der Waals surface area contributed by atoms with Gasteiger partial charge < -0.3 is 9.13 Å². The summed E-state index contributed by atoms with van der Waals surface area (Å²) in [5.41, 5.74) is 10.9. The van der Waals surface area contributed by atoms with Gasteiger partial charge in [0, 0.05) is 49.4 Å². The lowest BCUT2D eigenvalue weighted by Gasteiger charge is -2.13. The lowest BCUT2D eigenvalue weighted by atomic mass is 10.0. The van der Waals surface area contributed by atoms with E-state index in [2.05, 4.69) is 155 Å². The van der Waals surface area contributed by atoms with Crippen molar-refractivity contribution in [2.24, 2.45) is 0 Å². The summed E-state index contributed by atoms with van der Waals surface area (Å²) in [7, 11) is 0. The fourth-order valence-electron chi connectivity index (χ4n) is 7.35. The summed E-state index contributed by atoms with van der Waals surface area (Å²) in [6.45, 7) is 0. The van der Waals surface area contributed by atoms with Crippen molar-refractivity contribution in [3.8, 4) is 34.0 Å². The van der Waals surface area contributed by atoms with Crippen molar-refractivity contribution in [1.29, 1.82) is 0 Å². The summed E-state index contributed by atoms with van der Waals surface area (Å²) in [6.07, 6.45) is 0. The normalized spacial score (nSPS) is 11.8. The van der Waals surface area contributed by atoms with Crippen molar-refractivity contribution in [2.75, 3.05) is 0 Å². The number of nitrogens with zero attached hydrogens (tertiary/aromatic N) is 4. The molecule has 0 N–H and O–H groups in total. The molecule has 48 heavy (non-hydrogen) atoms. The third-order valence-electron chi connectivity index (χ3n) is 9.50. The molecule has 3 aromatic heterocycles. The Labute approximate surface area is 276 Å². The maximum Gasteiger partial charge on any atom is 0.160 e. The van der Waals surface area contributed by atoms with E-state index in [9.17, 15) is 0 Å². The summed E-state index contributed by atoms with van der Waals surface area (Å²) < 4.78 is 4.78. The summed E-state index contributed by atoms with van der Waals surface area (Å²) in [4.78, 5) is 10.3. The molecule has 0 fully saturated rings. The van der Waals surface area contributed by atoms with Gasteiger partial charge in [-0.2, -0.15) is 0 Å². The quantitative estimate of drug-likeness (QED) is 0.198. The van der Waals surface area contributed by atoms with Crippen molar-refractivity contribution < 1.29 is 0 Å². The highest BCUT2D eigenvalue weighted by molar-refractivity contribution is 6.19. The molecule has 10 aromatic rings. The van der Waals surface area contributed by atoms with E-state index in [1.807, 2.05) is 24.3 Å². The molecule has 0 unspecified atom stereocenters. The fraction of sp³-hybridized carbons (Fsp3) is 0. The highest BCUT2D eigenvalue weighted by atomic mass is 15.0. The predicted molar refractivity (Wildman–Crippen MR) is 199 cm³/mol. The predicted octanol–water partition coefficient (Wildman–Crippen LogP) is 11.2. The molecule has 0 saturated heterocycles. The van der Waals surface area contributed by atoms with Gasteiger partial charge in [-0.05, 0) is 54.6 Å². The first-order valence-electron chi connectivity index (χ1n) is 16.3. The molecule has 0 aliphatic carbocycles. The van der Waals surface area contributed by atoms with Gasteiger partial charge in [-0.25, -0.2) is 9.97 Å². The molecule has 10 rings (SSSR count). The molecule has 0 atom stereocenters. The number of hydrogen-bond donors (Lipinski definition) is 0. The lowest BCUT2D eigenvalue weighted by molar-refractivity contribution is 1.17. The molecule has 0 aliphatic rings. The molecule has 0 spiro atoms. The van der Waals surface area contributed by atoms with E-state index in [1.54, 1.807) is 0 Å². The number of hydrogen-bond acceptors (Lipinski definition) is 2. The summed E-state index contributed by atoms with van der Waals surface area (Å²) in [5, 5.41) is 5.93. The standard InChI is InChI=1S/C44H28N4/c1-4-14-29(15-5-1)43-35-25-24-32(26-38(35)45-44(46-43)30-16-6-2-7-17-30)48-40-23-13-11-21-34(40)37-27-41-36(28-42(37)48)33-20-10-12-22-39(33)47(41)31-18-8-3-9-19-31/h1-28H. The Morgan fingerprint density at radius 1 is 0.333 bits per heavy atom. The van der Waals surface area contributed by atoms with Gasteiger partial charge in [0.1, 0.15) is 0 Å². The van der Waals surface area contributed by atoms with E-state index in [-0.39, 0.29) is 0 Å². The third kappa shape index (κ3) is 4.03. The van der Waals surface area contributed by atoms with E-state index < -0.39 is 0 Å². The molecule has 224 valence electrons. The topological polar surface area (TPSA) is 35.6 Å². The maximum atomic E-state index is 5.16. The van der Waals surface area contributed by atoms with Crippen LogP contribution in [0.1, 0.15) is 0 Å². The van der Waals surface area contributed by atoms with Crippen molar-refractivity contribution in [1.82, 2.24) is 19.1 Å². The van der Waals surface area contributed by atoms with Crippen LogP contribution >= 0.6 is 0 Å². The summed E-state index contributed by atoms with van der Waals surface area (Å²) in [5.74, 6) is 0.719. The first kappa shape index (κ1) is 26.7. The largest absolute Gasteiger partial charge is 0.309 e. The van der Waals surface area contributed by atoms with Gasteiger partial charge in [0.15, 0.2) is 5.82 Å². The highest BCUT2D eigenvalue weighted by Gasteiger charge is 2.19. The van der Waals surface area contributed by atoms with E-state index in [4.69, 9.17) is 9.97 Å². The number of benzene rings is 7. The van der Waals surface area contributed by atoms with Crippen LogP contribution in [0.4, 0.5) is 0 Å². The molecule has 0 aliphatic heterocycles. The number of aromatic nitrogens is 4. The Morgan fingerprint density at radius 3 is 1.48 bits per heavy atom. The van der Waals surface area contributed by atoms with Crippen molar-refractivity contribution in [2.45, 2.75) is 0 Å². The fourth-order valence-corrected chi connectivity index (χ4v) is 7.35. The van der Waals surface area contributed by atoms with Crippen LogP contribution in [0.25, 0.3) is 88.5 Å². The zero-order valence-corrected chi connectivity index (χ0v) is 26.0. The molecule has 0 amide bonds. The van der Waals surface area contributed by atoms with Gasteiger partial charge in [0.2, 0.25) is 0 Å². The average molecular weight is 613 g/mol. The summed E-state index contributed by atoms with van der Waals surface area (Å²) in [6, 6.07) is 60.1. The van der Waals surface area contributed by atoms with Gasteiger partial charge in [-0.3, -0.25) is 0 Å². The molecule has 0 saturated carbocycles. The van der Waals surface area contributed by atoms with Crippen LogP contribution in [-0.4, -0.2) is 19.1 Å². The first-order chi connectivity index (χ1) is 23.8.